The number of aliphatic hydroxyl groups is 1. The van der Waals surface area contributed by atoms with Crippen molar-refractivity contribution in [1.82, 2.24) is 4.90 Å². The van der Waals surface area contributed by atoms with Crippen molar-refractivity contribution in [1.29, 1.82) is 0 Å². The number of fused-ring (bicyclic) bond motifs is 3. The number of piperidine rings is 1. The zero-order chi connectivity index (χ0) is 30.0. The van der Waals surface area contributed by atoms with E-state index in [1.807, 2.05) is 62.5 Å². The Hall–Kier alpha value is -3.05. The van der Waals surface area contributed by atoms with E-state index in [9.17, 15) is 24.3 Å². The van der Waals surface area contributed by atoms with E-state index in [0.29, 0.717) is 31.5 Å². The lowest BCUT2D eigenvalue weighted by molar-refractivity contribution is -0.150. The number of rotatable bonds is 5. The molecular formula is C32H41N3O6Si. The highest BCUT2D eigenvalue weighted by Gasteiger charge is 2.66. The van der Waals surface area contributed by atoms with Crippen LogP contribution < -0.4 is 9.80 Å². The second-order valence-electron chi connectivity index (χ2n) is 13.0. The molecule has 4 aliphatic rings. The average molecular weight is 592 g/mol. The minimum Gasteiger partial charge on any atom is -0.432 e. The molecule has 2 aromatic carbocycles. The zero-order valence-corrected chi connectivity index (χ0v) is 25.9. The van der Waals surface area contributed by atoms with E-state index in [1.165, 1.54) is 0 Å². The Morgan fingerprint density at radius 3 is 2.55 bits per heavy atom. The third-order valence-corrected chi connectivity index (χ3v) is 12.5. The van der Waals surface area contributed by atoms with Gasteiger partial charge in [0.2, 0.25) is 11.8 Å². The van der Waals surface area contributed by atoms with Gasteiger partial charge in [-0.1, -0.05) is 31.2 Å². The topological polar surface area (TPSA) is 111 Å². The van der Waals surface area contributed by atoms with Crippen molar-refractivity contribution >= 4 is 37.4 Å². The van der Waals surface area contributed by atoms with Gasteiger partial charge in [0.05, 0.1) is 30.9 Å². The molecule has 0 aliphatic carbocycles. The number of benzene rings is 2. The molecule has 2 aromatic rings. The van der Waals surface area contributed by atoms with E-state index in [0.717, 1.165) is 35.3 Å². The molecular weight excluding hydrogens is 550 g/mol. The van der Waals surface area contributed by atoms with Gasteiger partial charge >= 0.3 is 0 Å². The van der Waals surface area contributed by atoms with Crippen LogP contribution in [-0.4, -0.2) is 73.2 Å². The van der Waals surface area contributed by atoms with Gasteiger partial charge in [-0.3, -0.25) is 14.4 Å². The second-order valence-corrected chi connectivity index (χ2v) is 16.9. The molecule has 1 spiro atoms. The molecule has 9 nitrogen and oxygen atoms in total. The number of likely N-dealkylation sites (N-methyl/N-ethyl adjacent to an activating group) is 1. The Bertz CT molecular complexity index is 1430. The monoisotopic (exact) mass is 591 g/mol. The number of hydrogen-bond acceptors (Lipinski definition) is 6. The molecule has 3 amide bonds. The summed E-state index contributed by atoms with van der Waals surface area (Å²) in [6.07, 6.45) is 2.19. The van der Waals surface area contributed by atoms with Crippen molar-refractivity contribution in [3.63, 3.8) is 0 Å². The maximum absolute atomic E-state index is 14.1. The van der Waals surface area contributed by atoms with Crippen LogP contribution in [0.2, 0.25) is 18.6 Å². The predicted molar refractivity (Wildman–Crippen MR) is 161 cm³/mol. The average Bonchev–Trinajstić information content (AvgIpc) is 3.38. The predicted octanol–water partition coefficient (Wildman–Crippen LogP) is 3.31. The highest BCUT2D eigenvalue weighted by molar-refractivity contribution is 6.71. The first-order valence-electron chi connectivity index (χ1n) is 15.1. The molecule has 42 heavy (non-hydrogen) atoms. The lowest BCUT2D eigenvalue weighted by Gasteiger charge is -2.37. The number of anilines is 2. The van der Waals surface area contributed by atoms with Gasteiger partial charge in [0.15, 0.2) is 13.9 Å². The fourth-order valence-corrected chi connectivity index (χ4v) is 10.5. The summed E-state index contributed by atoms with van der Waals surface area (Å²) >= 11 is 0. The molecule has 6 rings (SSSR count). The number of amides is 3. The number of ether oxygens (including phenoxy) is 1. The normalized spacial score (nSPS) is 29.3. The maximum atomic E-state index is 14.1. The van der Waals surface area contributed by atoms with Crippen LogP contribution in [0.1, 0.15) is 49.3 Å². The highest BCUT2D eigenvalue weighted by Crippen LogP contribution is 2.60. The summed E-state index contributed by atoms with van der Waals surface area (Å²) in [7, 11) is -1.23. The van der Waals surface area contributed by atoms with Crippen molar-refractivity contribution in [2.24, 2.45) is 5.92 Å². The number of nitrogens with zero attached hydrogens (tertiary/aromatic N) is 3. The van der Waals surface area contributed by atoms with Gasteiger partial charge in [-0.15, -0.1) is 0 Å². The Balaban J connectivity index is 1.35. The summed E-state index contributed by atoms with van der Waals surface area (Å²) in [5.41, 5.74) is 2.58. The summed E-state index contributed by atoms with van der Waals surface area (Å²) in [5, 5.41) is 10.2. The lowest BCUT2D eigenvalue weighted by Crippen LogP contribution is -2.48. The Kier molecular flexibility index (Phi) is 7.32. The molecule has 0 saturated carbocycles. The van der Waals surface area contributed by atoms with Gasteiger partial charge in [0.25, 0.3) is 5.91 Å². The first-order valence-corrected chi connectivity index (χ1v) is 18.1. The van der Waals surface area contributed by atoms with E-state index < -0.39 is 31.5 Å². The summed E-state index contributed by atoms with van der Waals surface area (Å²) in [4.78, 5) is 57.5. The van der Waals surface area contributed by atoms with Crippen LogP contribution in [0.25, 0.3) is 0 Å². The summed E-state index contributed by atoms with van der Waals surface area (Å²) in [5.74, 6) is -0.709. The molecule has 224 valence electrons. The van der Waals surface area contributed by atoms with Crippen LogP contribution in [0.4, 0.5) is 11.4 Å². The van der Waals surface area contributed by atoms with Crippen LogP contribution in [0.5, 0.6) is 0 Å². The first-order chi connectivity index (χ1) is 20.0. The molecule has 2 fully saturated rings. The van der Waals surface area contributed by atoms with Crippen molar-refractivity contribution in [2.45, 2.75) is 82.0 Å². The fourth-order valence-electron chi connectivity index (χ4n) is 7.95. The van der Waals surface area contributed by atoms with Crippen molar-refractivity contribution in [3.05, 3.63) is 59.2 Å². The van der Waals surface area contributed by atoms with E-state index in [-0.39, 0.29) is 36.8 Å². The van der Waals surface area contributed by atoms with Crippen LogP contribution in [0.15, 0.2) is 42.5 Å². The van der Waals surface area contributed by atoms with Crippen LogP contribution in [0.3, 0.4) is 0 Å². The number of aliphatic hydroxyl groups excluding tert-OH is 1. The van der Waals surface area contributed by atoms with Crippen molar-refractivity contribution < 1.29 is 29.0 Å². The molecule has 10 heteroatoms. The molecule has 0 bridgehead atoms. The Morgan fingerprint density at radius 1 is 1.12 bits per heavy atom. The smallest absolute Gasteiger partial charge is 0.264 e. The molecule has 4 heterocycles. The Morgan fingerprint density at radius 2 is 1.86 bits per heavy atom. The quantitative estimate of drug-likeness (QED) is 0.517. The van der Waals surface area contributed by atoms with Gasteiger partial charge in [0.1, 0.15) is 0 Å². The van der Waals surface area contributed by atoms with Gasteiger partial charge in [-0.05, 0) is 61.7 Å². The second kappa shape index (κ2) is 10.6. The zero-order valence-electron chi connectivity index (χ0n) is 24.9. The SMILES string of the molecule is C[C@@H]1[C@@H]([Si](C)(C)O)[C@H](CC(=O)N2Cc3ccccc3C[C@H]2CO)O[C@@]12C(=O)N(C)c1ccc(N3CCCCC3=O)cc12. The van der Waals surface area contributed by atoms with Gasteiger partial charge in [-0.2, -0.15) is 0 Å². The minimum absolute atomic E-state index is 0.00302. The summed E-state index contributed by atoms with van der Waals surface area (Å²) < 4.78 is 6.81. The molecule has 0 unspecified atom stereocenters. The molecule has 0 aromatic heterocycles. The number of hydrogen-bond donors (Lipinski definition) is 2. The fraction of sp³-hybridized carbons (Fsp3) is 0.531. The minimum atomic E-state index is -2.95. The van der Waals surface area contributed by atoms with Crippen molar-refractivity contribution in [2.75, 3.05) is 30.0 Å². The number of carbonyl (C=O) groups is 3. The summed E-state index contributed by atoms with van der Waals surface area (Å²) in [6.45, 7) is 6.52. The molecule has 0 radical (unpaired) electrons. The standard InChI is InChI=1S/C32H41N3O6Si/c1-20-30(42(3,4)40)27(17-29(38)35-18-22-10-6-5-9-21(22)15-24(35)19-36)41-32(20)25-16-23(34-14-8-7-11-28(34)37)12-13-26(25)33(2)31(32)39/h5-6,9-10,12-13,16,20,24,27,30,36,40H,7-8,11,14-15,17-19H2,1-4H3/t20-,24+,27+,30-,32+/m1/s1. The molecule has 5 atom stereocenters. The Labute approximate surface area is 248 Å². The van der Waals surface area contributed by atoms with Crippen LogP contribution in [0, 0.1) is 5.92 Å². The lowest BCUT2D eigenvalue weighted by atomic mass is 9.82. The van der Waals surface area contributed by atoms with Crippen LogP contribution in [-0.2, 0) is 37.7 Å². The van der Waals surface area contributed by atoms with E-state index in [4.69, 9.17) is 4.74 Å². The molecule has 2 saturated heterocycles. The summed E-state index contributed by atoms with van der Waals surface area (Å²) in [6, 6.07) is 13.3. The number of carbonyl (C=O) groups excluding carboxylic acids is 3. The van der Waals surface area contributed by atoms with Gasteiger partial charge in [0, 0.05) is 49.3 Å². The van der Waals surface area contributed by atoms with E-state index >= 15 is 0 Å². The van der Waals surface area contributed by atoms with Gasteiger partial charge < -0.3 is 29.3 Å². The van der Waals surface area contributed by atoms with Gasteiger partial charge in [-0.25, -0.2) is 0 Å². The highest BCUT2D eigenvalue weighted by atomic mass is 28.4. The third kappa shape index (κ3) is 4.50. The van der Waals surface area contributed by atoms with Crippen LogP contribution >= 0.6 is 0 Å². The van der Waals surface area contributed by atoms with E-state index in [2.05, 4.69) is 0 Å². The first kappa shape index (κ1) is 29.0. The van der Waals surface area contributed by atoms with E-state index in [1.54, 1.807) is 21.7 Å². The van der Waals surface area contributed by atoms with Crippen molar-refractivity contribution in [3.8, 4) is 0 Å². The largest absolute Gasteiger partial charge is 0.432 e. The maximum Gasteiger partial charge on any atom is 0.264 e. The molecule has 2 N–H and O–H groups in total. The third-order valence-electron chi connectivity index (χ3n) is 9.99. The molecule has 4 aliphatic heterocycles.